The molecule has 1 fully saturated rings. The lowest BCUT2D eigenvalue weighted by Gasteiger charge is -2.47. The van der Waals surface area contributed by atoms with Gasteiger partial charge in [-0.15, -0.1) is 0 Å². The van der Waals surface area contributed by atoms with Crippen LogP contribution in [0.1, 0.15) is 55.2 Å². The summed E-state index contributed by atoms with van der Waals surface area (Å²) in [5.41, 5.74) is 1.85. The van der Waals surface area contributed by atoms with Gasteiger partial charge in [-0.3, -0.25) is 9.59 Å². The standard InChI is InChI=1S/C23H32N4O2/c1-23(2,3)26-10-9-16(14-26)22(29)25-12-17-11-18(13-25)20(15-24(4)5)27-19(17)7-6-8-21(27)28/h6-10,14,17-18,20H,11-13,15H2,1-5H3/t17-,18+,20+/m1/s1. The Balaban J connectivity index is 1.65. The van der Waals surface area contributed by atoms with Crippen molar-refractivity contribution < 1.29 is 4.79 Å². The molecular formula is C23H32N4O2. The van der Waals surface area contributed by atoms with Crippen LogP contribution in [0.15, 0.2) is 41.5 Å². The van der Waals surface area contributed by atoms with Crippen LogP contribution in [-0.2, 0) is 5.54 Å². The summed E-state index contributed by atoms with van der Waals surface area (Å²) in [6.07, 6.45) is 4.99. The quantitative estimate of drug-likeness (QED) is 0.802. The van der Waals surface area contributed by atoms with Crippen molar-refractivity contribution in [1.82, 2.24) is 18.9 Å². The fourth-order valence-corrected chi connectivity index (χ4v) is 4.94. The summed E-state index contributed by atoms with van der Waals surface area (Å²) in [5.74, 6) is 0.602. The van der Waals surface area contributed by atoms with Gasteiger partial charge in [0.05, 0.1) is 11.6 Å². The lowest BCUT2D eigenvalue weighted by atomic mass is 9.78. The van der Waals surface area contributed by atoms with Crippen LogP contribution in [0.4, 0.5) is 0 Å². The number of amides is 1. The second-order valence-electron chi connectivity index (χ2n) is 9.87. The molecule has 4 heterocycles. The minimum absolute atomic E-state index is 0.0478. The molecule has 156 valence electrons. The molecule has 0 saturated carbocycles. The van der Waals surface area contributed by atoms with Crippen LogP contribution in [0.3, 0.4) is 0 Å². The minimum atomic E-state index is -0.0478. The summed E-state index contributed by atoms with van der Waals surface area (Å²) >= 11 is 0. The number of likely N-dealkylation sites (tertiary alicyclic amines) is 1. The van der Waals surface area contributed by atoms with Crippen LogP contribution in [-0.4, -0.2) is 58.6 Å². The number of hydrogen-bond acceptors (Lipinski definition) is 3. The molecule has 4 rings (SSSR count). The molecule has 0 unspecified atom stereocenters. The predicted octanol–water partition coefficient (Wildman–Crippen LogP) is 2.77. The molecule has 6 heteroatoms. The average molecular weight is 397 g/mol. The molecule has 0 spiro atoms. The van der Waals surface area contributed by atoms with Crippen LogP contribution in [0.5, 0.6) is 0 Å². The number of likely N-dealkylation sites (N-methyl/N-ethyl adjacent to an activating group) is 1. The molecule has 0 N–H and O–H groups in total. The predicted molar refractivity (Wildman–Crippen MR) is 114 cm³/mol. The Bertz CT molecular complexity index is 966. The molecule has 0 aromatic carbocycles. The molecule has 2 bridgehead atoms. The van der Waals surface area contributed by atoms with E-state index in [1.807, 2.05) is 48.1 Å². The molecule has 2 aliphatic rings. The Kier molecular flexibility index (Phi) is 4.93. The zero-order valence-electron chi connectivity index (χ0n) is 18.1. The number of hydrogen-bond donors (Lipinski definition) is 0. The number of pyridine rings is 1. The summed E-state index contributed by atoms with van der Waals surface area (Å²) < 4.78 is 4.09. The topological polar surface area (TPSA) is 50.5 Å². The van der Waals surface area contributed by atoms with Gasteiger partial charge in [-0.05, 0) is 59.3 Å². The van der Waals surface area contributed by atoms with Gasteiger partial charge in [-0.25, -0.2) is 0 Å². The maximum Gasteiger partial charge on any atom is 0.255 e. The van der Waals surface area contributed by atoms with E-state index >= 15 is 0 Å². The molecule has 0 radical (unpaired) electrons. The van der Waals surface area contributed by atoms with Crippen molar-refractivity contribution in [3.63, 3.8) is 0 Å². The van der Waals surface area contributed by atoms with Gasteiger partial charge in [0.25, 0.3) is 11.5 Å². The zero-order chi connectivity index (χ0) is 20.9. The smallest absolute Gasteiger partial charge is 0.255 e. The largest absolute Gasteiger partial charge is 0.348 e. The van der Waals surface area contributed by atoms with Crippen molar-refractivity contribution in [3.8, 4) is 0 Å². The van der Waals surface area contributed by atoms with Gasteiger partial charge in [0.2, 0.25) is 0 Å². The summed E-state index contributed by atoms with van der Waals surface area (Å²) in [5, 5.41) is 0. The number of carbonyl (C=O) groups is 1. The summed E-state index contributed by atoms with van der Waals surface area (Å²) in [6, 6.07) is 7.60. The third kappa shape index (κ3) is 3.66. The maximum absolute atomic E-state index is 13.3. The summed E-state index contributed by atoms with van der Waals surface area (Å²) in [4.78, 5) is 30.1. The van der Waals surface area contributed by atoms with E-state index in [4.69, 9.17) is 0 Å². The highest BCUT2D eigenvalue weighted by Crippen LogP contribution is 2.41. The van der Waals surface area contributed by atoms with E-state index < -0.39 is 0 Å². The van der Waals surface area contributed by atoms with E-state index in [0.29, 0.717) is 13.1 Å². The van der Waals surface area contributed by atoms with Crippen LogP contribution in [0.25, 0.3) is 0 Å². The number of carbonyl (C=O) groups excluding carboxylic acids is 1. The summed E-state index contributed by atoms with van der Waals surface area (Å²) in [7, 11) is 4.08. The Labute approximate surface area is 172 Å². The SMILES string of the molecule is CN(C)C[C@H]1[C@H]2C[C@H](CN(C(=O)c3ccn(C(C)(C)C)c3)C2)c2cccc(=O)n21. The Morgan fingerprint density at radius 1 is 1.17 bits per heavy atom. The maximum atomic E-state index is 13.3. The van der Waals surface area contributed by atoms with Crippen molar-refractivity contribution in [2.75, 3.05) is 33.7 Å². The average Bonchev–Trinajstić information content (AvgIpc) is 3.15. The number of piperidine rings is 1. The van der Waals surface area contributed by atoms with Crippen molar-refractivity contribution >= 4 is 5.91 Å². The van der Waals surface area contributed by atoms with E-state index in [9.17, 15) is 9.59 Å². The second-order valence-corrected chi connectivity index (χ2v) is 9.87. The van der Waals surface area contributed by atoms with Crippen molar-refractivity contribution in [2.45, 2.75) is 44.7 Å². The summed E-state index contributed by atoms with van der Waals surface area (Å²) in [6.45, 7) is 8.58. The van der Waals surface area contributed by atoms with Crippen molar-refractivity contribution in [1.29, 1.82) is 0 Å². The highest BCUT2D eigenvalue weighted by atomic mass is 16.2. The van der Waals surface area contributed by atoms with Gasteiger partial charge < -0.3 is 18.9 Å². The van der Waals surface area contributed by atoms with Crippen LogP contribution in [0, 0.1) is 5.92 Å². The Hall–Kier alpha value is -2.34. The van der Waals surface area contributed by atoms with Crippen LogP contribution in [0.2, 0.25) is 0 Å². The van der Waals surface area contributed by atoms with Gasteiger partial charge in [-0.1, -0.05) is 6.07 Å². The van der Waals surface area contributed by atoms with Crippen LogP contribution >= 0.6 is 0 Å². The molecule has 29 heavy (non-hydrogen) atoms. The highest BCUT2D eigenvalue weighted by Gasteiger charge is 2.42. The number of aromatic nitrogens is 2. The molecule has 6 nitrogen and oxygen atoms in total. The third-order valence-corrected chi connectivity index (χ3v) is 6.35. The fourth-order valence-electron chi connectivity index (χ4n) is 4.94. The molecule has 1 saturated heterocycles. The fraction of sp³-hybridized carbons (Fsp3) is 0.565. The molecule has 0 aliphatic carbocycles. The first kappa shape index (κ1) is 20.0. The number of nitrogens with zero attached hydrogens (tertiary/aromatic N) is 4. The Morgan fingerprint density at radius 3 is 2.59 bits per heavy atom. The zero-order valence-corrected chi connectivity index (χ0v) is 18.1. The van der Waals surface area contributed by atoms with Gasteiger partial charge in [0, 0.05) is 55.2 Å². The monoisotopic (exact) mass is 396 g/mol. The lowest BCUT2D eigenvalue weighted by Crippen LogP contribution is -2.52. The Morgan fingerprint density at radius 2 is 1.93 bits per heavy atom. The minimum Gasteiger partial charge on any atom is -0.348 e. The second kappa shape index (κ2) is 7.17. The van der Waals surface area contributed by atoms with E-state index in [1.54, 1.807) is 6.07 Å². The highest BCUT2D eigenvalue weighted by molar-refractivity contribution is 5.94. The van der Waals surface area contributed by atoms with E-state index in [-0.39, 0.29) is 34.9 Å². The van der Waals surface area contributed by atoms with E-state index in [0.717, 1.165) is 24.2 Å². The van der Waals surface area contributed by atoms with Gasteiger partial charge in [0.15, 0.2) is 0 Å². The van der Waals surface area contributed by atoms with E-state index in [1.165, 1.54) is 0 Å². The molecule has 3 atom stereocenters. The van der Waals surface area contributed by atoms with Gasteiger partial charge >= 0.3 is 0 Å². The molecule has 2 aromatic rings. The first-order valence-corrected chi connectivity index (χ1v) is 10.5. The molecule has 1 amide bonds. The number of rotatable bonds is 3. The lowest BCUT2D eigenvalue weighted by molar-refractivity contribution is 0.0498. The first-order chi connectivity index (χ1) is 13.6. The van der Waals surface area contributed by atoms with Gasteiger partial charge in [-0.2, -0.15) is 0 Å². The van der Waals surface area contributed by atoms with Gasteiger partial charge in [0.1, 0.15) is 0 Å². The van der Waals surface area contributed by atoms with Crippen LogP contribution < -0.4 is 5.56 Å². The molecule has 2 aliphatic heterocycles. The molecule has 2 aromatic heterocycles. The van der Waals surface area contributed by atoms with Crippen molar-refractivity contribution in [3.05, 3.63) is 58.3 Å². The molecular weight excluding hydrogens is 364 g/mol. The first-order valence-electron chi connectivity index (χ1n) is 10.5. The van der Waals surface area contributed by atoms with Crippen molar-refractivity contribution in [2.24, 2.45) is 5.92 Å². The number of fused-ring (bicyclic) bond motifs is 4. The van der Waals surface area contributed by atoms with E-state index in [2.05, 4.69) is 36.3 Å². The third-order valence-electron chi connectivity index (χ3n) is 6.35. The normalized spacial score (nSPS) is 23.9.